The van der Waals surface area contributed by atoms with Crippen LogP contribution in [-0.2, 0) is 19.1 Å². The number of rotatable bonds is 8. The van der Waals surface area contributed by atoms with E-state index in [1.165, 1.54) is 18.2 Å². The Labute approximate surface area is 191 Å². The van der Waals surface area contributed by atoms with E-state index < -0.39 is 22.8 Å². The van der Waals surface area contributed by atoms with Gasteiger partial charge in [-0.1, -0.05) is 12.1 Å². The van der Waals surface area contributed by atoms with Crippen LogP contribution in [0.2, 0.25) is 0 Å². The molecule has 0 unspecified atom stereocenters. The maximum absolute atomic E-state index is 13.0. The summed E-state index contributed by atoms with van der Waals surface area (Å²) in [5.74, 6) is -1.53. The maximum atomic E-state index is 13.0. The highest BCUT2D eigenvalue weighted by Gasteiger charge is 2.36. The molecule has 1 aliphatic heterocycles. The van der Waals surface area contributed by atoms with E-state index >= 15 is 0 Å². The fraction of sp³-hybridized carbons (Fsp3) is 0.250. The van der Waals surface area contributed by atoms with Gasteiger partial charge >= 0.3 is 11.9 Å². The molecule has 172 valence electrons. The lowest BCUT2D eigenvalue weighted by Crippen LogP contribution is -2.29. The highest BCUT2D eigenvalue weighted by Crippen LogP contribution is 2.39. The number of benzene rings is 2. The Morgan fingerprint density at radius 3 is 2.03 bits per heavy atom. The van der Waals surface area contributed by atoms with Crippen LogP contribution in [0.5, 0.6) is 5.75 Å². The minimum absolute atomic E-state index is 0.124. The second kappa shape index (κ2) is 10.4. The molecule has 2 aromatic carbocycles. The predicted octanol–water partition coefficient (Wildman–Crippen LogP) is 4.10. The zero-order valence-electron chi connectivity index (χ0n) is 18.5. The van der Waals surface area contributed by atoms with Gasteiger partial charge in [-0.25, -0.2) is 9.59 Å². The fourth-order valence-electron chi connectivity index (χ4n) is 3.50. The van der Waals surface area contributed by atoms with E-state index in [-0.39, 0.29) is 30.0 Å². The van der Waals surface area contributed by atoms with E-state index in [0.717, 1.165) is 0 Å². The van der Waals surface area contributed by atoms with Crippen molar-refractivity contribution in [1.82, 2.24) is 0 Å². The molecule has 33 heavy (non-hydrogen) atoms. The largest absolute Gasteiger partial charge is 0.497 e. The minimum Gasteiger partial charge on any atom is -0.497 e. The zero-order chi connectivity index (χ0) is 24.0. The third-order valence-corrected chi connectivity index (χ3v) is 4.99. The van der Waals surface area contributed by atoms with E-state index in [4.69, 9.17) is 14.2 Å². The van der Waals surface area contributed by atoms with Crippen molar-refractivity contribution < 1.29 is 28.7 Å². The second-order valence-electron chi connectivity index (χ2n) is 7.00. The molecule has 9 nitrogen and oxygen atoms in total. The molecule has 0 bridgehead atoms. The molecule has 0 amide bonds. The van der Waals surface area contributed by atoms with Gasteiger partial charge in [0.1, 0.15) is 5.75 Å². The van der Waals surface area contributed by atoms with Crippen LogP contribution in [0, 0.1) is 10.1 Å². The highest BCUT2D eigenvalue weighted by molar-refractivity contribution is 6.00. The van der Waals surface area contributed by atoms with E-state index in [1.807, 2.05) is 0 Å². The fourth-order valence-corrected chi connectivity index (χ4v) is 3.50. The molecule has 0 radical (unpaired) electrons. The molecule has 0 atom stereocenters. The van der Waals surface area contributed by atoms with Crippen LogP contribution < -0.4 is 9.64 Å². The normalized spacial score (nSPS) is 13.6. The van der Waals surface area contributed by atoms with Crippen molar-refractivity contribution in [2.75, 3.05) is 25.2 Å². The van der Waals surface area contributed by atoms with E-state index in [0.29, 0.717) is 17.0 Å². The van der Waals surface area contributed by atoms with Gasteiger partial charge in [-0.2, -0.15) is 0 Å². The molecule has 0 saturated heterocycles. The van der Waals surface area contributed by atoms with Gasteiger partial charge in [0, 0.05) is 30.2 Å². The molecule has 0 spiro atoms. The van der Waals surface area contributed by atoms with Gasteiger partial charge in [0.25, 0.3) is 5.69 Å². The van der Waals surface area contributed by atoms with Crippen molar-refractivity contribution in [3.63, 3.8) is 0 Å². The smallest absolute Gasteiger partial charge is 0.336 e. The number of non-ortho nitro benzene ring substituents is 1. The molecule has 1 heterocycles. The van der Waals surface area contributed by atoms with Crippen molar-refractivity contribution >= 4 is 23.3 Å². The quantitative estimate of drug-likeness (QED) is 0.335. The van der Waals surface area contributed by atoms with Crippen LogP contribution in [0.1, 0.15) is 25.3 Å². The van der Waals surface area contributed by atoms with Crippen LogP contribution in [-0.4, -0.2) is 37.2 Å². The molecule has 2 aromatic rings. The summed E-state index contributed by atoms with van der Waals surface area (Å²) in [5.41, 5.74) is 1.21. The van der Waals surface area contributed by atoms with Crippen LogP contribution in [0.25, 0.3) is 0 Å². The number of carbonyl (C=O) groups excluding carboxylic acids is 2. The number of hydrogen-bond acceptors (Lipinski definition) is 8. The Kier molecular flexibility index (Phi) is 7.45. The molecule has 0 fully saturated rings. The molecule has 0 aromatic heterocycles. The molecule has 9 heteroatoms. The Balaban J connectivity index is 2.18. The average Bonchev–Trinajstić information content (AvgIpc) is 2.83. The number of nitro groups is 1. The monoisotopic (exact) mass is 452 g/mol. The lowest BCUT2D eigenvalue weighted by Gasteiger charge is -2.30. The average molecular weight is 452 g/mol. The zero-order valence-corrected chi connectivity index (χ0v) is 18.5. The summed E-state index contributed by atoms with van der Waals surface area (Å²) in [7, 11) is 1.55. The summed E-state index contributed by atoms with van der Waals surface area (Å²) in [4.78, 5) is 38.3. The number of methoxy groups -OCH3 is 1. The van der Waals surface area contributed by atoms with Crippen molar-refractivity contribution in [3.8, 4) is 5.75 Å². The molecule has 3 rings (SSSR count). The Morgan fingerprint density at radius 1 is 0.970 bits per heavy atom. The SMILES string of the molecule is CCOC(=O)C1=CN(c2ccc(OC)cc2)C=C(C(=O)OCC)C1c1cccc([N+](=O)[O-])c1. The second-order valence-corrected chi connectivity index (χ2v) is 7.00. The number of hydrogen-bond donors (Lipinski definition) is 0. The van der Waals surface area contributed by atoms with Gasteiger partial charge in [0.05, 0.1) is 42.3 Å². The van der Waals surface area contributed by atoms with Crippen LogP contribution in [0.3, 0.4) is 0 Å². The Morgan fingerprint density at radius 2 is 1.55 bits per heavy atom. The van der Waals surface area contributed by atoms with Crippen LogP contribution in [0.15, 0.2) is 72.1 Å². The molecule has 0 N–H and O–H groups in total. The van der Waals surface area contributed by atoms with E-state index in [9.17, 15) is 19.7 Å². The Hall–Kier alpha value is -4.14. The summed E-state index contributed by atoms with van der Waals surface area (Å²) >= 11 is 0. The molecule has 0 saturated carbocycles. The first-order valence-electron chi connectivity index (χ1n) is 10.3. The number of carbonyl (C=O) groups is 2. The number of esters is 2. The van der Waals surface area contributed by atoms with Crippen molar-refractivity contribution in [2.45, 2.75) is 19.8 Å². The van der Waals surface area contributed by atoms with Crippen LogP contribution in [0.4, 0.5) is 11.4 Å². The molecular weight excluding hydrogens is 428 g/mol. The molecule has 0 aliphatic carbocycles. The topological polar surface area (TPSA) is 108 Å². The van der Waals surface area contributed by atoms with Gasteiger partial charge in [0.2, 0.25) is 0 Å². The first-order chi connectivity index (χ1) is 15.9. The van der Waals surface area contributed by atoms with Gasteiger partial charge in [-0.3, -0.25) is 10.1 Å². The first-order valence-corrected chi connectivity index (χ1v) is 10.3. The maximum Gasteiger partial charge on any atom is 0.336 e. The van der Waals surface area contributed by atoms with E-state index in [2.05, 4.69) is 0 Å². The summed E-state index contributed by atoms with van der Waals surface area (Å²) in [6.07, 6.45) is 3.12. The van der Waals surface area contributed by atoms with Gasteiger partial charge in [0.15, 0.2) is 0 Å². The lowest BCUT2D eigenvalue weighted by atomic mass is 9.83. The summed E-state index contributed by atoms with van der Waals surface area (Å²) in [6, 6.07) is 12.9. The summed E-state index contributed by atoms with van der Waals surface area (Å²) < 4.78 is 15.7. The number of nitrogens with zero attached hydrogens (tertiary/aromatic N) is 2. The predicted molar refractivity (Wildman–Crippen MR) is 121 cm³/mol. The third kappa shape index (κ3) is 5.20. The molecule has 1 aliphatic rings. The summed E-state index contributed by atoms with van der Waals surface area (Å²) in [6.45, 7) is 3.59. The van der Waals surface area contributed by atoms with Gasteiger partial charge in [-0.15, -0.1) is 0 Å². The van der Waals surface area contributed by atoms with Crippen LogP contribution >= 0.6 is 0 Å². The highest BCUT2D eigenvalue weighted by atomic mass is 16.6. The molecular formula is C24H24N2O7. The minimum atomic E-state index is -0.905. The van der Waals surface area contributed by atoms with Crippen molar-refractivity contribution in [3.05, 3.63) is 87.8 Å². The number of ether oxygens (including phenoxy) is 3. The summed E-state index contributed by atoms with van der Waals surface area (Å²) in [5, 5.41) is 11.3. The number of nitro benzene ring substituents is 1. The van der Waals surface area contributed by atoms with Crippen molar-refractivity contribution in [1.29, 1.82) is 0 Å². The third-order valence-electron chi connectivity index (χ3n) is 4.99. The number of anilines is 1. The standard InChI is InChI=1S/C24H24N2O7/c1-4-32-23(27)20-14-25(17-9-11-19(31-3)12-10-17)15-21(24(28)33-5-2)22(20)16-7-6-8-18(13-16)26(29)30/h6-15,22H,4-5H2,1-3H3. The first kappa shape index (κ1) is 23.5. The van der Waals surface area contributed by atoms with Crippen molar-refractivity contribution in [2.24, 2.45) is 0 Å². The van der Waals surface area contributed by atoms with Gasteiger partial charge in [-0.05, 0) is 43.7 Å². The van der Waals surface area contributed by atoms with Gasteiger partial charge < -0.3 is 19.1 Å². The van der Waals surface area contributed by atoms with E-state index in [1.54, 1.807) is 68.6 Å². The Bertz CT molecular complexity index is 1070. The lowest BCUT2D eigenvalue weighted by molar-refractivity contribution is -0.384.